The standard InChI is InChI=1S/C28H25FNOP/c1-2-28(31)30-27-20-12-19-26(29)25(27)21-32(22-13-6-3-7-14-22,23-15-8-4-9-16-23)24-17-10-5-11-18-24/h2-20,32H,1,21H2,(H,30,31). The quantitative estimate of drug-likeness (QED) is 0.311. The second kappa shape index (κ2) is 9.72. The van der Waals surface area contributed by atoms with Gasteiger partial charge in [0.2, 0.25) is 0 Å². The number of carbonyl (C=O) groups is 1. The molecule has 1 N–H and O–H groups in total. The molecule has 0 heterocycles. The van der Waals surface area contributed by atoms with Crippen LogP contribution in [0.2, 0.25) is 0 Å². The van der Waals surface area contributed by atoms with E-state index < -0.39 is 7.26 Å². The molecule has 0 aromatic heterocycles. The fourth-order valence-corrected chi connectivity index (χ4v) is 9.07. The zero-order valence-corrected chi connectivity index (χ0v) is 18.7. The molecule has 0 bridgehead atoms. The van der Waals surface area contributed by atoms with Crippen LogP contribution in [0.4, 0.5) is 10.1 Å². The molecule has 0 saturated carbocycles. The maximum absolute atomic E-state index is 15.3. The first-order valence-electron chi connectivity index (χ1n) is 10.5. The van der Waals surface area contributed by atoms with E-state index in [9.17, 15) is 4.79 Å². The van der Waals surface area contributed by atoms with Crippen molar-refractivity contribution in [1.82, 2.24) is 0 Å². The van der Waals surface area contributed by atoms with Gasteiger partial charge in [0.1, 0.15) is 0 Å². The molecule has 4 rings (SSSR count). The molecule has 0 aliphatic rings. The van der Waals surface area contributed by atoms with Crippen molar-refractivity contribution in [1.29, 1.82) is 0 Å². The Kier molecular flexibility index (Phi) is 6.58. The molecule has 4 aromatic rings. The summed E-state index contributed by atoms with van der Waals surface area (Å²) in [6.07, 6.45) is 1.66. The molecule has 4 heteroatoms. The van der Waals surface area contributed by atoms with Gasteiger partial charge in [0, 0.05) is 0 Å². The van der Waals surface area contributed by atoms with Crippen molar-refractivity contribution in [2.45, 2.75) is 6.16 Å². The van der Waals surface area contributed by atoms with Crippen molar-refractivity contribution in [2.75, 3.05) is 5.32 Å². The number of anilines is 1. The summed E-state index contributed by atoms with van der Waals surface area (Å²) in [6, 6.07) is 35.8. The third-order valence-corrected chi connectivity index (χ3v) is 10.6. The van der Waals surface area contributed by atoms with Crippen molar-refractivity contribution in [3.63, 3.8) is 0 Å². The predicted molar refractivity (Wildman–Crippen MR) is 135 cm³/mol. The van der Waals surface area contributed by atoms with Crippen LogP contribution in [0.15, 0.2) is 122 Å². The average molecular weight is 441 g/mol. The Bertz CT molecular complexity index is 1110. The number of rotatable bonds is 7. The Morgan fingerprint density at radius 1 is 0.750 bits per heavy atom. The summed E-state index contributed by atoms with van der Waals surface area (Å²) in [7, 11) is -2.71. The van der Waals surface area contributed by atoms with Gasteiger partial charge >= 0.3 is 189 Å². The molecule has 2 nitrogen and oxygen atoms in total. The van der Waals surface area contributed by atoms with Gasteiger partial charge in [-0.15, -0.1) is 0 Å². The SMILES string of the molecule is C=CC(=O)Nc1cccc(F)c1C[PH](c1ccccc1)(c1ccccc1)c1ccccc1. The molecule has 4 aromatic carbocycles. The molecule has 0 radical (unpaired) electrons. The van der Waals surface area contributed by atoms with Crippen LogP contribution >= 0.6 is 7.26 Å². The number of hydrogen-bond donors (Lipinski definition) is 1. The average Bonchev–Trinajstić information content (AvgIpc) is 2.85. The van der Waals surface area contributed by atoms with E-state index in [4.69, 9.17) is 0 Å². The molecule has 160 valence electrons. The first-order valence-corrected chi connectivity index (χ1v) is 12.7. The third kappa shape index (κ3) is 4.26. The van der Waals surface area contributed by atoms with E-state index in [0.29, 0.717) is 17.4 Å². The van der Waals surface area contributed by atoms with Gasteiger partial charge in [0.05, 0.1) is 0 Å². The summed E-state index contributed by atoms with van der Waals surface area (Å²) in [5, 5.41) is 6.35. The molecule has 0 aliphatic carbocycles. The summed E-state index contributed by atoms with van der Waals surface area (Å²) in [4.78, 5) is 12.1. The number of hydrogen-bond acceptors (Lipinski definition) is 1. The van der Waals surface area contributed by atoms with Gasteiger partial charge < -0.3 is 0 Å². The molecular weight excluding hydrogens is 416 g/mol. The molecule has 0 atom stereocenters. The Balaban J connectivity index is 2.00. The van der Waals surface area contributed by atoms with Gasteiger partial charge in [0.15, 0.2) is 0 Å². The number of nitrogens with one attached hydrogen (secondary N) is 1. The van der Waals surface area contributed by atoms with Gasteiger partial charge in [-0.25, -0.2) is 0 Å². The van der Waals surface area contributed by atoms with Crippen LogP contribution in [-0.2, 0) is 11.0 Å². The van der Waals surface area contributed by atoms with Gasteiger partial charge in [0.25, 0.3) is 0 Å². The minimum atomic E-state index is -2.71. The summed E-state index contributed by atoms with van der Waals surface area (Å²) in [5.41, 5.74) is 0.987. The van der Waals surface area contributed by atoms with E-state index in [1.54, 1.807) is 12.1 Å². The monoisotopic (exact) mass is 441 g/mol. The Morgan fingerprint density at radius 3 is 1.66 bits per heavy atom. The van der Waals surface area contributed by atoms with Gasteiger partial charge in [-0.2, -0.15) is 0 Å². The summed E-state index contributed by atoms with van der Waals surface area (Å²) >= 11 is 0. The number of benzene rings is 4. The van der Waals surface area contributed by atoms with Crippen molar-refractivity contribution in [2.24, 2.45) is 0 Å². The topological polar surface area (TPSA) is 29.1 Å². The van der Waals surface area contributed by atoms with Crippen molar-refractivity contribution in [3.05, 3.63) is 133 Å². The Labute approximate surface area is 188 Å². The molecule has 0 saturated heterocycles. The van der Waals surface area contributed by atoms with Crippen LogP contribution in [0.25, 0.3) is 0 Å². The van der Waals surface area contributed by atoms with E-state index in [1.807, 2.05) is 54.6 Å². The second-order valence-electron chi connectivity index (χ2n) is 7.64. The molecule has 0 spiro atoms. The molecular formula is C28H25FNOP. The molecule has 32 heavy (non-hydrogen) atoms. The van der Waals surface area contributed by atoms with E-state index >= 15 is 4.39 Å². The summed E-state index contributed by atoms with van der Waals surface area (Å²) < 4.78 is 15.3. The van der Waals surface area contributed by atoms with Crippen LogP contribution in [0, 0.1) is 5.82 Å². The molecule has 0 aliphatic heterocycles. The predicted octanol–water partition coefficient (Wildman–Crippen LogP) is 5.18. The first kappa shape index (κ1) is 21.7. The van der Waals surface area contributed by atoms with Crippen molar-refractivity contribution >= 4 is 34.8 Å². The van der Waals surface area contributed by atoms with Crippen molar-refractivity contribution < 1.29 is 9.18 Å². The second-order valence-corrected chi connectivity index (χ2v) is 11.5. The van der Waals surface area contributed by atoms with Gasteiger partial charge in [-0.1, -0.05) is 0 Å². The minimum absolute atomic E-state index is 0.327. The van der Waals surface area contributed by atoms with Crippen LogP contribution in [0.5, 0.6) is 0 Å². The summed E-state index contributed by atoms with van der Waals surface area (Å²) in [6.45, 7) is 3.53. The normalized spacial score (nSPS) is 11.5. The van der Waals surface area contributed by atoms with Crippen LogP contribution in [0.1, 0.15) is 5.56 Å². The molecule has 1 amide bonds. The fourth-order valence-electron chi connectivity index (χ4n) is 4.28. The number of amides is 1. The number of carbonyl (C=O) groups excluding carboxylic acids is 1. The Hall–Kier alpha value is -3.55. The fraction of sp³-hybridized carbons (Fsp3) is 0.0357. The van der Waals surface area contributed by atoms with Gasteiger partial charge in [-0.05, 0) is 0 Å². The van der Waals surface area contributed by atoms with Crippen molar-refractivity contribution in [3.8, 4) is 0 Å². The summed E-state index contributed by atoms with van der Waals surface area (Å²) in [5.74, 6) is -0.685. The zero-order chi connectivity index (χ0) is 22.4. The zero-order valence-electron chi connectivity index (χ0n) is 17.7. The van der Waals surface area contributed by atoms with E-state index in [1.165, 1.54) is 28.1 Å². The van der Waals surface area contributed by atoms with Crippen LogP contribution in [0.3, 0.4) is 0 Å². The van der Waals surface area contributed by atoms with E-state index in [0.717, 1.165) is 0 Å². The first-order chi connectivity index (χ1) is 15.6. The number of halogens is 1. The molecule has 0 unspecified atom stereocenters. The van der Waals surface area contributed by atoms with E-state index in [-0.39, 0.29) is 11.7 Å². The van der Waals surface area contributed by atoms with Gasteiger partial charge in [-0.3, -0.25) is 0 Å². The maximum atomic E-state index is 15.3. The molecule has 0 fully saturated rings. The van der Waals surface area contributed by atoms with Crippen LogP contribution < -0.4 is 21.2 Å². The Morgan fingerprint density at radius 2 is 1.22 bits per heavy atom. The van der Waals surface area contributed by atoms with Crippen LogP contribution in [-0.4, -0.2) is 5.91 Å². The van der Waals surface area contributed by atoms with E-state index in [2.05, 4.69) is 48.3 Å². The third-order valence-electron chi connectivity index (χ3n) is 5.80.